The van der Waals surface area contributed by atoms with E-state index in [2.05, 4.69) is 73.8 Å². The van der Waals surface area contributed by atoms with Gasteiger partial charge in [0, 0.05) is 31.4 Å². The van der Waals surface area contributed by atoms with E-state index in [0.29, 0.717) is 6.42 Å². The number of rotatable bonds is 2. The van der Waals surface area contributed by atoms with Crippen molar-refractivity contribution >= 4 is 17.7 Å². The van der Waals surface area contributed by atoms with Crippen molar-refractivity contribution in [2.75, 3.05) is 5.32 Å². The summed E-state index contributed by atoms with van der Waals surface area (Å²) in [5.74, 6) is 1.36. The van der Waals surface area contributed by atoms with Crippen LogP contribution in [0.15, 0.2) is 47.7 Å². The number of nitrogens with one attached hydrogen (secondary N) is 1. The number of Topliss-reactive ketones (excluding diaryl/α,β-unsaturated/α-hetero) is 1. The van der Waals surface area contributed by atoms with E-state index in [9.17, 15) is 4.79 Å². The van der Waals surface area contributed by atoms with Gasteiger partial charge in [-0.25, -0.2) is 10.00 Å². The molecule has 1 unspecified atom stereocenters. The Hall–Kier alpha value is -1.89. The quantitative estimate of drug-likeness (QED) is 0.506. The highest BCUT2D eigenvalue weighted by Crippen LogP contribution is 2.47. The molecule has 0 bridgehead atoms. The first kappa shape index (κ1) is 20.8. The number of allylic oxidation sites excluding steroid dienone is 3. The smallest absolute Gasteiger partial charge is 0.304 e. The molecule has 28 heavy (non-hydrogen) atoms. The monoisotopic (exact) mass is 489 g/mol. The zero-order valence-electron chi connectivity index (χ0n) is 17.2. The van der Waals surface area contributed by atoms with E-state index < -0.39 is 0 Å². The first-order valence-electron chi connectivity index (χ1n) is 9.60. The minimum atomic E-state index is -0.00699. The Labute approximate surface area is 184 Å². The number of benzene rings is 1. The van der Waals surface area contributed by atoms with E-state index in [1.165, 1.54) is 11.3 Å². The van der Waals surface area contributed by atoms with Gasteiger partial charge in [-0.3, -0.25) is 4.79 Å². The van der Waals surface area contributed by atoms with Crippen LogP contribution in [0.25, 0.3) is 6.08 Å². The minimum Gasteiger partial charge on any atom is -1.00 e. The fraction of sp³-hybridized carbons (Fsp3) is 0.391. The van der Waals surface area contributed by atoms with Crippen molar-refractivity contribution < 1.29 is 33.5 Å². The maximum absolute atomic E-state index is 13.1. The second-order valence-corrected chi connectivity index (χ2v) is 8.60. The second-order valence-electron chi connectivity index (χ2n) is 8.60. The molecule has 4 rings (SSSR count). The summed E-state index contributed by atoms with van der Waals surface area (Å²) >= 11 is 0. The van der Waals surface area contributed by atoms with Gasteiger partial charge < -0.3 is 24.0 Å². The van der Waals surface area contributed by atoms with Crippen molar-refractivity contribution in [2.24, 2.45) is 19.5 Å². The summed E-state index contributed by atoms with van der Waals surface area (Å²) in [5.41, 5.74) is 5.58. The lowest BCUT2D eigenvalue weighted by Gasteiger charge is -2.34. The molecule has 1 aliphatic heterocycles. The first-order chi connectivity index (χ1) is 12.8. The SMILES string of the molecule is Cc1c2c([n+](C)n1C)NC1=C(C(=O)CC(C)(C)C1)C2/C=C/c1ccccc1.[I-]. The highest BCUT2D eigenvalue weighted by atomic mass is 127. The molecule has 2 aliphatic rings. The van der Waals surface area contributed by atoms with Gasteiger partial charge in [0.05, 0.1) is 11.3 Å². The molecule has 0 fully saturated rings. The summed E-state index contributed by atoms with van der Waals surface area (Å²) in [5, 5.41) is 3.61. The predicted octanol–water partition coefficient (Wildman–Crippen LogP) is 1.03. The number of hydrogen-bond donors (Lipinski definition) is 1. The number of carbonyl (C=O) groups excluding carboxylic acids is 1. The Morgan fingerprint density at radius 2 is 1.89 bits per heavy atom. The molecule has 1 aromatic carbocycles. The molecule has 0 saturated heterocycles. The van der Waals surface area contributed by atoms with Crippen LogP contribution in [0.4, 0.5) is 5.82 Å². The summed E-state index contributed by atoms with van der Waals surface area (Å²) in [6.45, 7) is 6.49. The van der Waals surface area contributed by atoms with Crippen molar-refractivity contribution in [3.05, 3.63) is 64.5 Å². The average molecular weight is 489 g/mol. The Morgan fingerprint density at radius 3 is 2.57 bits per heavy atom. The highest BCUT2D eigenvalue weighted by Gasteiger charge is 2.44. The summed E-state index contributed by atoms with van der Waals surface area (Å²) < 4.78 is 4.29. The highest BCUT2D eigenvalue weighted by molar-refractivity contribution is 6.01. The zero-order valence-corrected chi connectivity index (χ0v) is 19.4. The summed E-state index contributed by atoms with van der Waals surface area (Å²) in [6, 6.07) is 10.3. The third-order valence-electron chi connectivity index (χ3n) is 6.00. The molecule has 1 N–H and O–H groups in total. The fourth-order valence-corrected chi connectivity index (χ4v) is 4.47. The maximum atomic E-state index is 13.1. The van der Waals surface area contributed by atoms with Gasteiger partial charge in [-0.05, 0) is 17.9 Å². The topological polar surface area (TPSA) is 37.9 Å². The summed E-state index contributed by atoms with van der Waals surface area (Å²) in [4.78, 5) is 13.1. The molecule has 0 saturated carbocycles. The number of fused-ring (bicyclic) bond motifs is 1. The number of nitrogens with zero attached hydrogens (tertiary/aromatic N) is 2. The molecule has 148 valence electrons. The molecule has 0 radical (unpaired) electrons. The third kappa shape index (κ3) is 3.45. The van der Waals surface area contributed by atoms with Crippen LogP contribution in [0, 0.1) is 12.3 Å². The van der Waals surface area contributed by atoms with E-state index in [1.54, 1.807) is 0 Å². The third-order valence-corrected chi connectivity index (χ3v) is 6.00. The van der Waals surface area contributed by atoms with Gasteiger partial charge in [-0.2, -0.15) is 4.68 Å². The number of halogens is 1. The Balaban J connectivity index is 0.00000225. The van der Waals surface area contributed by atoms with Crippen LogP contribution in [-0.4, -0.2) is 10.5 Å². The van der Waals surface area contributed by atoms with Crippen LogP contribution < -0.4 is 34.0 Å². The molecule has 2 heterocycles. The van der Waals surface area contributed by atoms with Crippen LogP contribution in [0.2, 0.25) is 0 Å². The van der Waals surface area contributed by atoms with E-state index in [0.717, 1.165) is 29.1 Å². The van der Waals surface area contributed by atoms with Crippen molar-refractivity contribution in [2.45, 2.75) is 39.5 Å². The minimum absolute atomic E-state index is 0. The number of hydrogen-bond acceptors (Lipinski definition) is 2. The summed E-state index contributed by atoms with van der Waals surface area (Å²) in [7, 11) is 4.14. The number of carbonyl (C=O) groups is 1. The van der Waals surface area contributed by atoms with Crippen LogP contribution in [-0.2, 0) is 18.9 Å². The number of aromatic nitrogens is 2. The first-order valence-corrected chi connectivity index (χ1v) is 9.60. The average Bonchev–Trinajstić information content (AvgIpc) is 2.83. The lowest BCUT2D eigenvalue weighted by Crippen LogP contribution is -3.00. The van der Waals surface area contributed by atoms with Crippen molar-refractivity contribution in [3.8, 4) is 0 Å². The van der Waals surface area contributed by atoms with Crippen LogP contribution in [0.5, 0.6) is 0 Å². The van der Waals surface area contributed by atoms with Gasteiger partial charge in [0.15, 0.2) is 5.78 Å². The normalized spacial score (nSPS) is 20.5. The van der Waals surface area contributed by atoms with Crippen LogP contribution in [0.3, 0.4) is 0 Å². The van der Waals surface area contributed by atoms with Gasteiger partial charge in [-0.1, -0.05) is 56.3 Å². The largest absolute Gasteiger partial charge is 1.00 e. The molecule has 5 heteroatoms. The second kappa shape index (κ2) is 7.50. The Kier molecular flexibility index (Phi) is 5.58. The number of ketones is 1. The van der Waals surface area contributed by atoms with E-state index >= 15 is 0 Å². The van der Waals surface area contributed by atoms with Gasteiger partial charge in [0.1, 0.15) is 12.7 Å². The van der Waals surface area contributed by atoms with E-state index in [1.807, 2.05) is 18.2 Å². The van der Waals surface area contributed by atoms with Crippen molar-refractivity contribution in [1.29, 1.82) is 0 Å². The lowest BCUT2D eigenvalue weighted by atomic mass is 9.70. The van der Waals surface area contributed by atoms with Crippen LogP contribution in [0.1, 0.15) is 49.4 Å². The number of anilines is 1. The molecule has 4 nitrogen and oxygen atoms in total. The van der Waals surface area contributed by atoms with Gasteiger partial charge in [0.25, 0.3) is 0 Å². The molecule has 1 aromatic heterocycles. The Bertz CT molecular complexity index is 983. The molecule has 0 spiro atoms. The maximum Gasteiger partial charge on any atom is 0.304 e. The molecule has 2 aromatic rings. The molecular weight excluding hydrogens is 461 g/mol. The van der Waals surface area contributed by atoms with Crippen molar-refractivity contribution in [1.82, 2.24) is 4.68 Å². The Morgan fingerprint density at radius 1 is 1.21 bits per heavy atom. The lowest BCUT2D eigenvalue weighted by molar-refractivity contribution is -0.738. The van der Waals surface area contributed by atoms with E-state index in [-0.39, 0.29) is 41.1 Å². The van der Waals surface area contributed by atoms with Crippen LogP contribution >= 0.6 is 0 Å². The summed E-state index contributed by atoms with van der Waals surface area (Å²) in [6.07, 6.45) is 5.85. The molecule has 1 aliphatic carbocycles. The van der Waals surface area contributed by atoms with E-state index in [4.69, 9.17) is 0 Å². The van der Waals surface area contributed by atoms with Gasteiger partial charge in [0.2, 0.25) is 0 Å². The fourth-order valence-electron chi connectivity index (χ4n) is 4.47. The molecule has 0 amide bonds. The molecule has 1 atom stereocenters. The predicted molar refractivity (Wildman–Crippen MR) is 108 cm³/mol. The molecular formula is C23H28IN3O. The zero-order chi connectivity index (χ0) is 19.3. The van der Waals surface area contributed by atoms with Gasteiger partial charge in [-0.15, -0.1) is 0 Å². The standard InChI is InChI=1S/C23H27N3O.HI/c1-15-20-17(12-11-16-9-7-6-8-10-16)21-18(13-23(2,3)14-19(21)27)24-22(20)26(5)25(15)4;/h6-12,17H,13-14H2,1-5H3;1H/b12-11+;. The van der Waals surface area contributed by atoms with Crippen molar-refractivity contribution in [3.63, 3.8) is 0 Å². The van der Waals surface area contributed by atoms with Gasteiger partial charge >= 0.3 is 5.82 Å².